The van der Waals surface area contributed by atoms with Crippen LogP contribution in [0.3, 0.4) is 0 Å². The molecule has 0 saturated heterocycles. The molecule has 0 heterocycles. The average Bonchev–Trinajstić information content (AvgIpc) is 3.41. The SMILES string of the molecule is CC(Sc1ccccc1)C(=O)Nc1ccc(Cl)c(C(=O)NC2CC2)c1. The van der Waals surface area contributed by atoms with E-state index < -0.39 is 0 Å². The molecule has 25 heavy (non-hydrogen) atoms. The summed E-state index contributed by atoms with van der Waals surface area (Å²) in [5.41, 5.74) is 0.950. The third-order valence-electron chi connectivity index (χ3n) is 3.82. The Balaban J connectivity index is 1.65. The Labute approximate surface area is 156 Å². The standard InChI is InChI=1S/C19H19ClN2O2S/c1-12(25-15-5-3-2-4-6-15)18(23)22-14-9-10-17(20)16(11-14)19(24)21-13-7-8-13/h2-6,9-13H,7-8H2,1H3,(H,21,24)(H,22,23). The molecule has 0 aromatic heterocycles. The summed E-state index contributed by atoms with van der Waals surface area (Å²) >= 11 is 7.61. The summed E-state index contributed by atoms with van der Waals surface area (Å²) in [6.07, 6.45) is 2.02. The van der Waals surface area contributed by atoms with Crippen molar-refractivity contribution in [1.29, 1.82) is 0 Å². The molecule has 1 aliphatic rings. The molecule has 4 nitrogen and oxygen atoms in total. The van der Waals surface area contributed by atoms with E-state index in [-0.39, 0.29) is 23.1 Å². The van der Waals surface area contributed by atoms with E-state index >= 15 is 0 Å². The van der Waals surface area contributed by atoms with Crippen LogP contribution in [0.1, 0.15) is 30.1 Å². The Kier molecular flexibility index (Phi) is 5.66. The molecule has 1 atom stereocenters. The van der Waals surface area contributed by atoms with Gasteiger partial charge in [0, 0.05) is 16.6 Å². The van der Waals surface area contributed by atoms with Gasteiger partial charge >= 0.3 is 0 Å². The molecule has 2 aromatic carbocycles. The molecule has 2 amide bonds. The highest BCUT2D eigenvalue weighted by atomic mass is 35.5. The van der Waals surface area contributed by atoms with Crippen LogP contribution in [0.5, 0.6) is 0 Å². The minimum atomic E-state index is -0.262. The van der Waals surface area contributed by atoms with E-state index in [1.54, 1.807) is 18.2 Å². The Morgan fingerprint density at radius 1 is 1.16 bits per heavy atom. The fraction of sp³-hybridized carbons (Fsp3) is 0.263. The second-order valence-electron chi connectivity index (χ2n) is 6.00. The lowest BCUT2D eigenvalue weighted by molar-refractivity contribution is -0.115. The Morgan fingerprint density at radius 3 is 2.56 bits per heavy atom. The summed E-state index contributed by atoms with van der Waals surface area (Å²) in [6.45, 7) is 1.85. The number of nitrogens with one attached hydrogen (secondary N) is 2. The molecule has 0 radical (unpaired) electrons. The maximum absolute atomic E-state index is 12.4. The summed E-state index contributed by atoms with van der Waals surface area (Å²) in [5.74, 6) is -0.319. The van der Waals surface area contributed by atoms with Crippen molar-refractivity contribution in [3.63, 3.8) is 0 Å². The highest BCUT2D eigenvalue weighted by Gasteiger charge is 2.25. The number of benzene rings is 2. The maximum Gasteiger partial charge on any atom is 0.253 e. The first-order chi connectivity index (χ1) is 12.0. The minimum Gasteiger partial charge on any atom is -0.349 e. The minimum absolute atomic E-state index is 0.121. The van der Waals surface area contributed by atoms with Crippen LogP contribution in [-0.2, 0) is 4.79 Å². The van der Waals surface area contributed by atoms with Crippen LogP contribution in [-0.4, -0.2) is 23.1 Å². The molecule has 3 rings (SSSR count). The lowest BCUT2D eigenvalue weighted by Gasteiger charge is -2.13. The number of amides is 2. The fourth-order valence-electron chi connectivity index (χ4n) is 2.27. The number of hydrogen-bond acceptors (Lipinski definition) is 3. The molecule has 0 spiro atoms. The van der Waals surface area contributed by atoms with Crippen LogP contribution in [0.2, 0.25) is 5.02 Å². The van der Waals surface area contributed by atoms with E-state index in [2.05, 4.69) is 10.6 Å². The lowest BCUT2D eigenvalue weighted by atomic mass is 10.2. The van der Waals surface area contributed by atoms with Gasteiger partial charge in [-0.15, -0.1) is 11.8 Å². The van der Waals surface area contributed by atoms with Gasteiger partial charge in [-0.05, 0) is 50.1 Å². The largest absolute Gasteiger partial charge is 0.349 e. The molecule has 6 heteroatoms. The van der Waals surface area contributed by atoms with Crippen LogP contribution in [0.25, 0.3) is 0 Å². The van der Waals surface area contributed by atoms with Crippen LogP contribution < -0.4 is 10.6 Å². The van der Waals surface area contributed by atoms with Crippen molar-refractivity contribution in [3.8, 4) is 0 Å². The number of thioether (sulfide) groups is 1. The molecule has 2 N–H and O–H groups in total. The van der Waals surface area contributed by atoms with E-state index in [0.29, 0.717) is 16.3 Å². The fourth-order valence-corrected chi connectivity index (χ4v) is 3.36. The number of carbonyl (C=O) groups excluding carboxylic acids is 2. The highest BCUT2D eigenvalue weighted by Crippen LogP contribution is 2.26. The first-order valence-electron chi connectivity index (χ1n) is 8.16. The topological polar surface area (TPSA) is 58.2 Å². The monoisotopic (exact) mass is 374 g/mol. The van der Waals surface area contributed by atoms with Crippen molar-refractivity contribution in [1.82, 2.24) is 5.32 Å². The molecule has 130 valence electrons. The second-order valence-corrected chi connectivity index (χ2v) is 7.83. The van der Waals surface area contributed by atoms with Crippen molar-refractivity contribution in [2.45, 2.75) is 36.0 Å². The van der Waals surface area contributed by atoms with E-state index in [0.717, 1.165) is 17.7 Å². The van der Waals surface area contributed by atoms with Gasteiger partial charge in [0.05, 0.1) is 15.8 Å². The van der Waals surface area contributed by atoms with E-state index in [4.69, 9.17) is 11.6 Å². The molecule has 1 unspecified atom stereocenters. The number of hydrogen-bond donors (Lipinski definition) is 2. The normalized spacial score (nSPS) is 14.6. The van der Waals surface area contributed by atoms with E-state index in [9.17, 15) is 9.59 Å². The van der Waals surface area contributed by atoms with Crippen molar-refractivity contribution in [3.05, 3.63) is 59.1 Å². The van der Waals surface area contributed by atoms with Gasteiger partial charge in [-0.1, -0.05) is 29.8 Å². The van der Waals surface area contributed by atoms with Gasteiger partial charge in [-0.2, -0.15) is 0 Å². The van der Waals surface area contributed by atoms with Gasteiger partial charge in [0.1, 0.15) is 0 Å². The van der Waals surface area contributed by atoms with Crippen LogP contribution >= 0.6 is 23.4 Å². The molecule has 1 saturated carbocycles. The smallest absolute Gasteiger partial charge is 0.253 e. The van der Waals surface area contributed by atoms with Crippen LogP contribution in [0.15, 0.2) is 53.4 Å². The van der Waals surface area contributed by atoms with E-state index in [1.807, 2.05) is 37.3 Å². The molecule has 1 fully saturated rings. The van der Waals surface area contributed by atoms with Crippen molar-refractivity contribution in [2.75, 3.05) is 5.32 Å². The Bertz CT molecular complexity index is 778. The zero-order valence-electron chi connectivity index (χ0n) is 13.8. The van der Waals surface area contributed by atoms with Gasteiger partial charge in [-0.3, -0.25) is 9.59 Å². The first kappa shape index (κ1) is 17.8. The predicted molar refractivity (Wildman–Crippen MR) is 102 cm³/mol. The predicted octanol–water partition coefficient (Wildman–Crippen LogP) is 4.35. The Hall–Kier alpha value is -1.98. The van der Waals surface area contributed by atoms with E-state index in [1.165, 1.54) is 11.8 Å². The van der Waals surface area contributed by atoms with Gasteiger partial charge in [0.2, 0.25) is 5.91 Å². The van der Waals surface area contributed by atoms with Gasteiger partial charge in [0.15, 0.2) is 0 Å². The number of carbonyl (C=O) groups is 2. The first-order valence-corrected chi connectivity index (χ1v) is 9.41. The quantitative estimate of drug-likeness (QED) is 0.739. The second kappa shape index (κ2) is 7.93. The highest BCUT2D eigenvalue weighted by molar-refractivity contribution is 8.00. The van der Waals surface area contributed by atoms with Gasteiger partial charge in [0.25, 0.3) is 5.91 Å². The number of rotatable bonds is 6. The maximum atomic E-state index is 12.4. The zero-order chi connectivity index (χ0) is 17.8. The van der Waals surface area contributed by atoms with Crippen molar-refractivity contribution < 1.29 is 9.59 Å². The van der Waals surface area contributed by atoms with Crippen molar-refractivity contribution >= 4 is 40.9 Å². The lowest BCUT2D eigenvalue weighted by Crippen LogP contribution is -2.26. The van der Waals surface area contributed by atoms with Crippen LogP contribution in [0, 0.1) is 0 Å². The summed E-state index contributed by atoms with van der Waals surface area (Å²) in [4.78, 5) is 25.7. The van der Waals surface area contributed by atoms with Gasteiger partial charge < -0.3 is 10.6 Å². The molecule has 0 aliphatic heterocycles. The zero-order valence-corrected chi connectivity index (χ0v) is 15.4. The number of halogens is 1. The third kappa shape index (κ3) is 5.00. The molecule has 1 aliphatic carbocycles. The van der Waals surface area contributed by atoms with Crippen LogP contribution in [0.4, 0.5) is 5.69 Å². The summed E-state index contributed by atoms with van der Waals surface area (Å²) < 4.78 is 0. The molecular weight excluding hydrogens is 356 g/mol. The average molecular weight is 375 g/mol. The summed E-state index contributed by atoms with van der Waals surface area (Å²) in [6, 6.07) is 15.0. The molecule has 2 aromatic rings. The molecular formula is C19H19ClN2O2S. The van der Waals surface area contributed by atoms with Gasteiger partial charge in [-0.25, -0.2) is 0 Å². The Morgan fingerprint density at radius 2 is 1.88 bits per heavy atom. The number of anilines is 1. The molecule has 0 bridgehead atoms. The third-order valence-corrected chi connectivity index (χ3v) is 5.26. The summed E-state index contributed by atoms with van der Waals surface area (Å²) in [7, 11) is 0. The van der Waals surface area contributed by atoms with Crippen molar-refractivity contribution in [2.24, 2.45) is 0 Å². The summed E-state index contributed by atoms with van der Waals surface area (Å²) in [5, 5.41) is 5.88.